The van der Waals surface area contributed by atoms with Gasteiger partial charge in [-0.1, -0.05) is 37.6 Å². The zero-order valence-corrected chi connectivity index (χ0v) is 18.4. The van der Waals surface area contributed by atoms with Crippen molar-refractivity contribution >= 4 is 23.5 Å². The SMILES string of the molecule is CC(C)CN(Cc1cccc(C(F)(F)F)c1Cl)[C@H]1CCNC1.O=C(O)C(O)C(O)C(=O)O. The number of carboxylic acids is 2. The third kappa shape index (κ3) is 8.55. The van der Waals surface area contributed by atoms with Crippen molar-refractivity contribution in [2.75, 3.05) is 19.6 Å². The zero-order chi connectivity index (χ0) is 24.6. The Morgan fingerprint density at radius 1 is 1.19 bits per heavy atom. The molecule has 0 aliphatic carbocycles. The molecule has 1 aliphatic heterocycles. The van der Waals surface area contributed by atoms with Crippen LogP contribution in [-0.4, -0.2) is 75.1 Å². The zero-order valence-electron chi connectivity index (χ0n) is 17.6. The largest absolute Gasteiger partial charge is 0.479 e. The van der Waals surface area contributed by atoms with Gasteiger partial charge in [-0.3, -0.25) is 4.90 Å². The van der Waals surface area contributed by atoms with Crippen LogP contribution in [-0.2, 0) is 22.3 Å². The van der Waals surface area contributed by atoms with Gasteiger partial charge in [-0.05, 0) is 30.5 Å². The first-order chi connectivity index (χ1) is 14.8. The van der Waals surface area contributed by atoms with Crippen molar-refractivity contribution in [2.24, 2.45) is 5.92 Å². The number of hydrogen-bond acceptors (Lipinski definition) is 6. The molecular weight excluding hydrogens is 457 g/mol. The normalized spacial score (nSPS) is 18.2. The summed E-state index contributed by atoms with van der Waals surface area (Å²) in [5, 5.41) is 35.7. The topological polar surface area (TPSA) is 130 Å². The number of rotatable bonds is 8. The van der Waals surface area contributed by atoms with Crippen LogP contribution in [0.15, 0.2) is 18.2 Å². The first-order valence-electron chi connectivity index (χ1n) is 9.86. The van der Waals surface area contributed by atoms with Gasteiger partial charge in [0.2, 0.25) is 0 Å². The lowest BCUT2D eigenvalue weighted by Crippen LogP contribution is -2.39. The fraction of sp³-hybridized carbons (Fsp3) is 0.600. The van der Waals surface area contributed by atoms with Gasteiger partial charge >= 0.3 is 18.1 Å². The minimum atomic E-state index is -4.41. The monoisotopic (exact) mass is 484 g/mol. The number of hydrogen-bond donors (Lipinski definition) is 5. The van der Waals surface area contributed by atoms with E-state index in [2.05, 4.69) is 24.1 Å². The molecule has 182 valence electrons. The van der Waals surface area contributed by atoms with Crippen LogP contribution in [0.2, 0.25) is 5.02 Å². The highest BCUT2D eigenvalue weighted by Gasteiger charge is 2.34. The van der Waals surface area contributed by atoms with E-state index in [1.54, 1.807) is 6.07 Å². The fourth-order valence-electron chi connectivity index (χ4n) is 3.17. The Morgan fingerprint density at radius 2 is 1.75 bits per heavy atom. The summed E-state index contributed by atoms with van der Waals surface area (Å²) in [6, 6.07) is 4.51. The van der Waals surface area contributed by atoms with Crippen molar-refractivity contribution in [2.45, 2.75) is 51.2 Å². The number of alkyl halides is 3. The Kier molecular flexibility index (Phi) is 10.9. The molecule has 2 unspecified atom stereocenters. The number of aliphatic hydroxyl groups excluding tert-OH is 2. The van der Waals surface area contributed by atoms with Crippen molar-refractivity contribution < 1.29 is 43.2 Å². The lowest BCUT2D eigenvalue weighted by molar-refractivity contribution is -0.165. The van der Waals surface area contributed by atoms with E-state index in [-0.39, 0.29) is 5.02 Å². The summed E-state index contributed by atoms with van der Waals surface area (Å²) < 4.78 is 38.9. The van der Waals surface area contributed by atoms with Crippen molar-refractivity contribution in [3.8, 4) is 0 Å². The molecule has 32 heavy (non-hydrogen) atoms. The molecule has 8 nitrogen and oxygen atoms in total. The summed E-state index contributed by atoms with van der Waals surface area (Å²) in [5.74, 6) is -3.09. The Labute approximate surface area is 188 Å². The summed E-state index contributed by atoms with van der Waals surface area (Å²) in [7, 11) is 0. The maximum atomic E-state index is 13.0. The van der Waals surface area contributed by atoms with Gasteiger partial charge in [-0.15, -0.1) is 0 Å². The molecule has 1 aromatic rings. The molecule has 1 heterocycles. The Balaban J connectivity index is 0.000000433. The van der Waals surface area contributed by atoms with Gasteiger partial charge in [0.15, 0.2) is 12.2 Å². The number of benzene rings is 1. The molecule has 0 saturated carbocycles. The number of carboxylic acid groups (broad SMARTS) is 2. The second kappa shape index (κ2) is 12.4. The average Bonchev–Trinajstić information content (AvgIpc) is 3.21. The summed E-state index contributed by atoms with van der Waals surface area (Å²) in [5.41, 5.74) is -0.204. The van der Waals surface area contributed by atoms with E-state index in [4.69, 9.17) is 32.0 Å². The van der Waals surface area contributed by atoms with E-state index in [0.29, 0.717) is 24.1 Å². The van der Waals surface area contributed by atoms with Crippen molar-refractivity contribution in [3.63, 3.8) is 0 Å². The number of halogens is 4. The van der Waals surface area contributed by atoms with Crippen molar-refractivity contribution in [1.82, 2.24) is 10.2 Å². The Bertz CT molecular complexity index is 754. The van der Waals surface area contributed by atoms with E-state index in [9.17, 15) is 22.8 Å². The standard InChI is InChI=1S/C16H22ClF3N2.C4H6O6/c1-11(2)9-22(13-6-7-21-8-13)10-12-4-3-5-14(15(12)17)16(18,19)20;5-1(3(7)8)2(6)4(9)10/h3-5,11,13,21H,6-10H2,1-2H3;1-2,5-6H,(H,7,8)(H,9,10)/t13-;/m0./s1. The lowest BCUT2D eigenvalue weighted by Gasteiger charge is -2.30. The van der Waals surface area contributed by atoms with E-state index < -0.39 is 35.9 Å². The molecular formula is C20H28ClF3N2O6. The molecule has 3 atom stereocenters. The number of nitrogens with zero attached hydrogens (tertiary/aromatic N) is 1. The first-order valence-corrected chi connectivity index (χ1v) is 10.2. The van der Waals surface area contributed by atoms with Crippen LogP contribution in [0.3, 0.4) is 0 Å². The highest BCUT2D eigenvalue weighted by Crippen LogP contribution is 2.36. The molecule has 1 aliphatic rings. The summed E-state index contributed by atoms with van der Waals surface area (Å²) >= 11 is 6.02. The summed E-state index contributed by atoms with van der Waals surface area (Å²) in [4.78, 5) is 21.8. The molecule has 12 heteroatoms. The minimum absolute atomic E-state index is 0.172. The number of nitrogens with one attached hydrogen (secondary N) is 1. The van der Waals surface area contributed by atoms with Crippen LogP contribution in [0, 0.1) is 5.92 Å². The van der Waals surface area contributed by atoms with Crippen LogP contribution in [0.1, 0.15) is 31.4 Å². The number of carbonyl (C=O) groups is 2. The van der Waals surface area contributed by atoms with Crippen molar-refractivity contribution in [1.29, 1.82) is 0 Å². The molecule has 0 radical (unpaired) electrons. The quantitative estimate of drug-likeness (QED) is 0.379. The fourth-order valence-corrected chi connectivity index (χ4v) is 3.47. The van der Waals surface area contributed by atoms with Gasteiger partial charge in [0.05, 0.1) is 10.6 Å². The van der Waals surface area contributed by atoms with Crippen molar-refractivity contribution in [3.05, 3.63) is 34.3 Å². The number of aliphatic hydroxyl groups is 2. The highest BCUT2D eigenvalue weighted by molar-refractivity contribution is 6.32. The van der Waals surface area contributed by atoms with Gasteiger partial charge in [0.1, 0.15) is 0 Å². The second-order valence-corrected chi connectivity index (χ2v) is 8.19. The van der Waals surface area contributed by atoms with Gasteiger partial charge in [-0.2, -0.15) is 13.2 Å². The number of aliphatic carboxylic acids is 2. The summed E-state index contributed by atoms with van der Waals surface area (Å²) in [6.07, 6.45) is -7.93. The Hall–Kier alpha value is -1.92. The second-order valence-electron chi connectivity index (χ2n) is 7.81. The Morgan fingerprint density at radius 3 is 2.16 bits per heavy atom. The highest BCUT2D eigenvalue weighted by atomic mass is 35.5. The van der Waals surface area contributed by atoms with E-state index >= 15 is 0 Å². The molecule has 1 aromatic carbocycles. The third-order valence-electron chi connectivity index (χ3n) is 4.71. The predicted molar refractivity (Wildman–Crippen MR) is 110 cm³/mol. The van der Waals surface area contributed by atoms with E-state index in [1.165, 1.54) is 6.07 Å². The van der Waals surface area contributed by atoms with Gasteiger partial charge in [0.25, 0.3) is 0 Å². The summed E-state index contributed by atoms with van der Waals surface area (Å²) in [6.45, 7) is 7.36. The molecule has 0 amide bonds. The molecule has 5 N–H and O–H groups in total. The third-order valence-corrected chi connectivity index (χ3v) is 5.16. The van der Waals surface area contributed by atoms with Gasteiger partial charge in [-0.25, -0.2) is 9.59 Å². The molecule has 1 saturated heterocycles. The van der Waals surface area contributed by atoms with Crippen LogP contribution in [0.25, 0.3) is 0 Å². The predicted octanol–water partition coefficient (Wildman–Crippen LogP) is 2.06. The van der Waals surface area contributed by atoms with Crippen LogP contribution in [0.5, 0.6) is 0 Å². The smallest absolute Gasteiger partial charge is 0.417 e. The van der Waals surface area contributed by atoms with E-state index in [1.807, 2.05) is 0 Å². The molecule has 1 fully saturated rings. The molecule has 0 spiro atoms. The molecule has 0 aromatic heterocycles. The molecule has 0 bridgehead atoms. The lowest BCUT2D eigenvalue weighted by atomic mass is 10.1. The van der Waals surface area contributed by atoms with Gasteiger partial charge in [0, 0.05) is 25.7 Å². The van der Waals surface area contributed by atoms with Crippen LogP contribution >= 0.6 is 11.6 Å². The first kappa shape index (κ1) is 28.1. The minimum Gasteiger partial charge on any atom is -0.479 e. The maximum Gasteiger partial charge on any atom is 0.417 e. The maximum absolute atomic E-state index is 13.0. The average molecular weight is 485 g/mol. The van der Waals surface area contributed by atoms with Crippen LogP contribution in [0.4, 0.5) is 13.2 Å². The van der Waals surface area contributed by atoms with Gasteiger partial charge < -0.3 is 25.7 Å². The molecule has 2 rings (SSSR count). The van der Waals surface area contributed by atoms with E-state index in [0.717, 1.165) is 32.1 Å². The van der Waals surface area contributed by atoms with Crippen LogP contribution < -0.4 is 5.32 Å².